The van der Waals surface area contributed by atoms with Gasteiger partial charge in [0.15, 0.2) is 0 Å². The molecule has 0 bridgehead atoms. The standard InChI is InChI=1S/C12H10N2O4/c1-2-17-12(16)10(8-13)14-18-11(15)9-6-4-3-5-7-9/h3-7H,2H2,1H3/b14-10+. The monoisotopic (exact) mass is 246 g/mol. The van der Waals surface area contributed by atoms with Gasteiger partial charge in [-0.3, -0.25) is 0 Å². The zero-order valence-electron chi connectivity index (χ0n) is 9.62. The molecular formula is C12H10N2O4. The molecule has 0 amide bonds. The number of hydrogen-bond acceptors (Lipinski definition) is 6. The molecule has 0 heterocycles. The van der Waals surface area contributed by atoms with Crippen LogP contribution in [0.2, 0.25) is 0 Å². The Bertz CT molecular complexity index is 503. The first-order valence-electron chi connectivity index (χ1n) is 5.10. The minimum absolute atomic E-state index is 0.103. The first kappa shape index (κ1) is 13.4. The first-order valence-corrected chi connectivity index (χ1v) is 5.10. The highest BCUT2D eigenvalue weighted by molar-refractivity contribution is 6.42. The van der Waals surface area contributed by atoms with Gasteiger partial charge in [-0.05, 0) is 19.1 Å². The van der Waals surface area contributed by atoms with Crippen molar-refractivity contribution in [2.75, 3.05) is 6.61 Å². The van der Waals surface area contributed by atoms with E-state index in [-0.39, 0.29) is 12.2 Å². The Balaban J connectivity index is 2.71. The number of nitrogens with zero attached hydrogens (tertiary/aromatic N) is 2. The number of hydrogen-bond donors (Lipinski definition) is 0. The van der Waals surface area contributed by atoms with Crippen LogP contribution in [-0.2, 0) is 14.4 Å². The molecule has 92 valence electrons. The Labute approximate surface area is 103 Å². The Morgan fingerprint density at radius 2 is 2.00 bits per heavy atom. The fourth-order valence-corrected chi connectivity index (χ4v) is 1.02. The van der Waals surface area contributed by atoms with Crippen LogP contribution in [0.25, 0.3) is 0 Å². The van der Waals surface area contributed by atoms with Crippen LogP contribution in [0.15, 0.2) is 35.5 Å². The molecule has 0 saturated heterocycles. The molecule has 0 radical (unpaired) electrons. The van der Waals surface area contributed by atoms with Crippen LogP contribution in [-0.4, -0.2) is 24.3 Å². The van der Waals surface area contributed by atoms with Gasteiger partial charge in [-0.25, -0.2) is 9.59 Å². The minimum Gasteiger partial charge on any atom is -0.461 e. The molecule has 1 aromatic carbocycles. The summed E-state index contributed by atoms with van der Waals surface area (Å²) in [4.78, 5) is 27.1. The van der Waals surface area contributed by atoms with E-state index in [0.29, 0.717) is 0 Å². The number of benzene rings is 1. The van der Waals surface area contributed by atoms with Crippen molar-refractivity contribution in [1.82, 2.24) is 0 Å². The Morgan fingerprint density at radius 3 is 2.56 bits per heavy atom. The second-order valence-corrected chi connectivity index (χ2v) is 3.02. The molecule has 0 spiro atoms. The number of rotatable bonds is 4. The second kappa shape index (κ2) is 6.81. The molecule has 0 saturated carbocycles. The van der Waals surface area contributed by atoms with Crippen molar-refractivity contribution in [1.29, 1.82) is 5.26 Å². The predicted octanol–water partition coefficient (Wildman–Crippen LogP) is 1.29. The van der Waals surface area contributed by atoms with Crippen molar-refractivity contribution in [3.05, 3.63) is 35.9 Å². The van der Waals surface area contributed by atoms with Crippen LogP contribution >= 0.6 is 0 Å². The molecule has 1 aromatic rings. The van der Waals surface area contributed by atoms with E-state index in [4.69, 9.17) is 5.26 Å². The number of esters is 1. The lowest BCUT2D eigenvalue weighted by Gasteiger charge is -1.99. The number of oxime groups is 1. The van der Waals surface area contributed by atoms with E-state index in [1.807, 2.05) is 0 Å². The van der Waals surface area contributed by atoms with Gasteiger partial charge in [0, 0.05) is 0 Å². The fraction of sp³-hybridized carbons (Fsp3) is 0.167. The van der Waals surface area contributed by atoms with E-state index in [2.05, 4.69) is 14.7 Å². The van der Waals surface area contributed by atoms with E-state index in [9.17, 15) is 9.59 Å². The Hall–Kier alpha value is -2.68. The van der Waals surface area contributed by atoms with Gasteiger partial charge in [0.2, 0.25) is 0 Å². The van der Waals surface area contributed by atoms with Crippen LogP contribution in [0.1, 0.15) is 17.3 Å². The van der Waals surface area contributed by atoms with E-state index < -0.39 is 17.7 Å². The molecule has 0 aliphatic rings. The highest BCUT2D eigenvalue weighted by atomic mass is 16.7. The average Bonchev–Trinajstić information content (AvgIpc) is 2.40. The first-order chi connectivity index (χ1) is 8.69. The highest BCUT2D eigenvalue weighted by Crippen LogP contribution is 2.01. The molecule has 6 nitrogen and oxygen atoms in total. The third-order valence-electron chi connectivity index (χ3n) is 1.80. The highest BCUT2D eigenvalue weighted by Gasteiger charge is 2.14. The molecule has 0 aliphatic heterocycles. The maximum atomic E-state index is 11.5. The van der Waals surface area contributed by atoms with E-state index in [1.165, 1.54) is 18.2 Å². The molecular weight excluding hydrogens is 236 g/mol. The quantitative estimate of drug-likeness (QED) is 0.345. The lowest BCUT2D eigenvalue weighted by atomic mass is 10.2. The molecule has 0 fully saturated rings. The fourth-order valence-electron chi connectivity index (χ4n) is 1.02. The summed E-state index contributed by atoms with van der Waals surface area (Å²) in [5.74, 6) is -1.69. The summed E-state index contributed by atoms with van der Waals surface area (Å²) in [5.41, 5.74) is -0.344. The summed E-state index contributed by atoms with van der Waals surface area (Å²) in [6.07, 6.45) is 0. The van der Waals surface area contributed by atoms with Crippen LogP contribution in [0.5, 0.6) is 0 Å². The molecule has 0 atom stereocenters. The number of nitriles is 1. The van der Waals surface area contributed by atoms with Gasteiger partial charge in [-0.2, -0.15) is 5.26 Å². The molecule has 0 aliphatic carbocycles. The Morgan fingerprint density at radius 1 is 1.33 bits per heavy atom. The molecule has 6 heteroatoms. The molecule has 1 rings (SSSR count). The minimum atomic E-state index is -0.930. The van der Waals surface area contributed by atoms with Gasteiger partial charge in [-0.15, -0.1) is 0 Å². The zero-order valence-corrected chi connectivity index (χ0v) is 9.62. The van der Waals surface area contributed by atoms with Crippen LogP contribution in [0, 0.1) is 11.3 Å². The van der Waals surface area contributed by atoms with Gasteiger partial charge in [0.25, 0.3) is 5.71 Å². The maximum Gasteiger partial charge on any atom is 0.371 e. The van der Waals surface area contributed by atoms with Gasteiger partial charge in [0.1, 0.15) is 6.07 Å². The number of ether oxygens (including phenoxy) is 1. The predicted molar refractivity (Wildman–Crippen MR) is 61.5 cm³/mol. The van der Waals surface area contributed by atoms with Crippen LogP contribution < -0.4 is 0 Å². The van der Waals surface area contributed by atoms with Crippen molar-refractivity contribution in [3.8, 4) is 6.07 Å². The number of carbonyl (C=O) groups is 2. The SMILES string of the molecule is CCOC(=O)/C(C#N)=N/OC(=O)c1ccccc1. The summed E-state index contributed by atoms with van der Waals surface area (Å²) in [5, 5.41) is 11.8. The normalized spacial score (nSPS) is 10.3. The Kier molecular flexibility index (Phi) is 5.06. The summed E-state index contributed by atoms with van der Waals surface area (Å²) < 4.78 is 4.55. The summed E-state index contributed by atoms with van der Waals surface area (Å²) >= 11 is 0. The second-order valence-electron chi connectivity index (χ2n) is 3.02. The number of carbonyl (C=O) groups excluding carboxylic acids is 2. The van der Waals surface area contributed by atoms with Crippen LogP contribution in [0.3, 0.4) is 0 Å². The van der Waals surface area contributed by atoms with Crippen molar-refractivity contribution in [2.45, 2.75) is 6.92 Å². The van der Waals surface area contributed by atoms with E-state index in [0.717, 1.165) is 0 Å². The lowest BCUT2D eigenvalue weighted by Crippen LogP contribution is -2.17. The topological polar surface area (TPSA) is 88.8 Å². The average molecular weight is 246 g/mol. The summed E-state index contributed by atoms with van der Waals surface area (Å²) in [7, 11) is 0. The van der Waals surface area contributed by atoms with E-state index >= 15 is 0 Å². The molecule has 0 aromatic heterocycles. The smallest absolute Gasteiger partial charge is 0.371 e. The zero-order chi connectivity index (χ0) is 13.4. The van der Waals surface area contributed by atoms with Crippen molar-refractivity contribution >= 4 is 17.7 Å². The van der Waals surface area contributed by atoms with Gasteiger partial charge >= 0.3 is 11.9 Å². The molecule has 18 heavy (non-hydrogen) atoms. The maximum absolute atomic E-state index is 11.5. The van der Waals surface area contributed by atoms with Gasteiger partial charge < -0.3 is 9.57 Å². The van der Waals surface area contributed by atoms with E-state index in [1.54, 1.807) is 25.1 Å². The van der Waals surface area contributed by atoms with Crippen LogP contribution in [0.4, 0.5) is 0 Å². The third-order valence-corrected chi connectivity index (χ3v) is 1.80. The van der Waals surface area contributed by atoms with Gasteiger partial charge in [0.05, 0.1) is 12.2 Å². The van der Waals surface area contributed by atoms with Crippen molar-refractivity contribution in [3.63, 3.8) is 0 Å². The summed E-state index contributed by atoms with van der Waals surface area (Å²) in [6, 6.07) is 9.57. The van der Waals surface area contributed by atoms with Gasteiger partial charge in [-0.1, -0.05) is 23.4 Å². The molecule has 0 N–H and O–H groups in total. The third kappa shape index (κ3) is 3.72. The largest absolute Gasteiger partial charge is 0.461 e. The molecule has 0 unspecified atom stereocenters. The lowest BCUT2D eigenvalue weighted by molar-refractivity contribution is -0.135. The van der Waals surface area contributed by atoms with Crippen molar-refractivity contribution in [2.24, 2.45) is 5.16 Å². The van der Waals surface area contributed by atoms with Crippen molar-refractivity contribution < 1.29 is 19.2 Å². The summed E-state index contributed by atoms with van der Waals surface area (Å²) in [6.45, 7) is 1.69.